The lowest BCUT2D eigenvalue weighted by molar-refractivity contribution is 0.0251. The molecule has 9 heteroatoms. The molecule has 1 fully saturated rings. The number of likely N-dealkylation sites (tertiary alicyclic amines) is 1. The summed E-state index contributed by atoms with van der Waals surface area (Å²) in [4.78, 5) is 15.6. The maximum Gasteiger partial charge on any atom is 0.238 e. The van der Waals surface area contributed by atoms with E-state index in [1.807, 2.05) is 35.1 Å². The van der Waals surface area contributed by atoms with Crippen molar-refractivity contribution in [3.63, 3.8) is 0 Å². The van der Waals surface area contributed by atoms with E-state index in [0.717, 1.165) is 47.4 Å². The second-order valence-corrected chi connectivity index (χ2v) is 8.53. The van der Waals surface area contributed by atoms with E-state index in [0.29, 0.717) is 12.4 Å². The van der Waals surface area contributed by atoms with Gasteiger partial charge in [-0.05, 0) is 50.2 Å². The Bertz CT molecular complexity index is 1160. The summed E-state index contributed by atoms with van der Waals surface area (Å²) < 4.78 is 22.9. The number of fused-ring (bicyclic) bond motifs is 2. The summed E-state index contributed by atoms with van der Waals surface area (Å²) in [6, 6.07) is 7.68. The largest absolute Gasteiger partial charge is 0.480 e. The Morgan fingerprint density at radius 2 is 2.06 bits per heavy atom. The minimum atomic E-state index is -1.34. The lowest BCUT2D eigenvalue weighted by Crippen LogP contribution is -2.61. The molecule has 2 aliphatic heterocycles. The van der Waals surface area contributed by atoms with Crippen LogP contribution in [0, 0.1) is 0 Å². The van der Waals surface area contributed by atoms with Crippen LogP contribution in [0.15, 0.2) is 47.8 Å². The van der Waals surface area contributed by atoms with Gasteiger partial charge in [-0.1, -0.05) is 13.0 Å². The van der Waals surface area contributed by atoms with E-state index in [2.05, 4.69) is 32.5 Å². The molecule has 2 N–H and O–H groups in total. The van der Waals surface area contributed by atoms with Gasteiger partial charge in [0.15, 0.2) is 6.29 Å². The number of alkyl halides is 1. The van der Waals surface area contributed by atoms with Gasteiger partial charge in [0.25, 0.3) is 0 Å². The van der Waals surface area contributed by atoms with Gasteiger partial charge in [0.1, 0.15) is 11.4 Å². The molecule has 0 amide bonds. The molecule has 5 rings (SSSR count). The van der Waals surface area contributed by atoms with Crippen LogP contribution in [0.3, 0.4) is 0 Å². The van der Waals surface area contributed by atoms with E-state index in [1.54, 1.807) is 26.4 Å². The standard InChI is InChI=1S/C23H28FN7O/c1-4-30-11-8-19(23(2,24)14-30)27-22-28-21(32-3)20-16(7-12-31(20)29-22)15-5-6-17-18(13-15)26-10-9-25-17/h5-7,9-10,12-13,19,22,27,29H,4,8,11,14H2,1-3H3/t19-,22?,23+/m1/s1. The molecular weight excluding hydrogens is 409 g/mol. The molecule has 0 saturated carbocycles. The number of nitrogens with zero attached hydrogens (tertiary/aromatic N) is 5. The molecule has 32 heavy (non-hydrogen) atoms. The average Bonchev–Trinajstić information content (AvgIpc) is 3.23. The smallest absolute Gasteiger partial charge is 0.238 e. The number of halogens is 1. The SMILES string of the molecule is CCN1CC[C@@H](NC2N=C(OC)c3c(-c4ccc5nccnc5c4)ccn3N2)[C@@](C)(F)C1. The Balaban J connectivity index is 1.42. The van der Waals surface area contributed by atoms with Crippen LogP contribution in [0.4, 0.5) is 4.39 Å². The first-order valence-corrected chi connectivity index (χ1v) is 11.0. The normalized spacial score (nSPS) is 25.8. The summed E-state index contributed by atoms with van der Waals surface area (Å²) in [6.45, 7) is 5.87. The van der Waals surface area contributed by atoms with Crippen LogP contribution in [0.1, 0.15) is 26.0 Å². The van der Waals surface area contributed by atoms with E-state index in [9.17, 15) is 0 Å². The first-order valence-electron chi connectivity index (χ1n) is 11.0. The van der Waals surface area contributed by atoms with Gasteiger partial charge in [0.05, 0.1) is 18.1 Å². The number of benzene rings is 1. The lowest BCUT2D eigenvalue weighted by atomic mass is 9.90. The van der Waals surface area contributed by atoms with E-state index in [4.69, 9.17) is 9.73 Å². The third kappa shape index (κ3) is 3.71. The van der Waals surface area contributed by atoms with Crippen molar-refractivity contribution in [2.24, 2.45) is 4.99 Å². The highest BCUT2D eigenvalue weighted by Gasteiger charge is 2.41. The Morgan fingerprint density at radius 1 is 1.25 bits per heavy atom. The average molecular weight is 438 g/mol. The molecule has 1 saturated heterocycles. The van der Waals surface area contributed by atoms with Crippen LogP contribution in [0.5, 0.6) is 0 Å². The zero-order chi connectivity index (χ0) is 22.3. The molecule has 8 nitrogen and oxygen atoms in total. The van der Waals surface area contributed by atoms with Gasteiger partial charge in [0, 0.05) is 36.7 Å². The van der Waals surface area contributed by atoms with E-state index >= 15 is 4.39 Å². The number of methoxy groups -OCH3 is 1. The van der Waals surface area contributed by atoms with Crippen molar-refractivity contribution in [1.82, 2.24) is 24.9 Å². The van der Waals surface area contributed by atoms with Gasteiger partial charge < -0.3 is 9.64 Å². The molecule has 4 heterocycles. The lowest BCUT2D eigenvalue weighted by Gasteiger charge is -2.42. The number of aliphatic imine (C=N–C) groups is 1. The Kier molecular flexibility index (Phi) is 5.30. The minimum absolute atomic E-state index is 0.305. The molecule has 1 unspecified atom stereocenters. The summed E-state index contributed by atoms with van der Waals surface area (Å²) in [7, 11) is 1.60. The molecule has 1 aromatic carbocycles. The van der Waals surface area contributed by atoms with Gasteiger partial charge >= 0.3 is 0 Å². The first-order chi connectivity index (χ1) is 15.5. The molecule has 2 aliphatic rings. The van der Waals surface area contributed by atoms with Crippen LogP contribution in [-0.4, -0.2) is 70.2 Å². The van der Waals surface area contributed by atoms with Gasteiger partial charge in [-0.2, -0.15) is 0 Å². The molecule has 0 spiro atoms. The zero-order valence-electron chi connectivity index (χ0n) is 18.5. The maximum absolute atomic E-state index is 15.3. The quantitative estimate of drug-likeness (QED) is 0.654. The van der Waals surface area contributed by atoms with Crippen molar-refractivity contribution < 1.29 is 9.13 Å². The molecule has 3 atom stereocenters. The van der Waals surface area contributed by atoms with Gasteiger partial charge in [-0.3, -0.25) is 25.4 Å². The van der Waals surface area contributed by atoms with Crippen molar-refractivity contribution in [1.29, 1.82) is 0 Å². The van der Waals surface area contributed by atoms with Crippen LogP contribution >= 0.6 is 0 Å². The fraction of sp³-hybridized carbons (Fsp3) is 0.435. The summed E-state index contributed by atoms with van der Waals surface area (Å²) in [5.74, 6) is 0.493. The Morgan fingerprint density at radius 3 is 2.81 bits per heavy atom. The summed E-state index contributed by atoms with van der Waals surface area (Å²) in [5.41, 5.74) is 6.43. The second-order valence-electron chi connectivity index (χ2n) is 8.53. The van der Waals surface area contributed by atoms with E-state index in [-0.39, 0.29) is 6.04 Å². The van der Waals surface area contributed by atoms with Crippen molar-refractivity contribution in [3.8, 4) is 11.1 Å². The highest BCUT2D eigenvalue weighted by molar-refractivity contribution is 6.01. The maximum atomic E-state index is 15.3. The molecule has 0 aliphatic carbocycles. The Labute approximate surface area is 186 Å². The van der Waals surface area contributed by atoms with Crippen molar-refractivity contribution in [2.75, 3.05) is 32.2 Å². The summed E-state index contributed by atoms with van der Waals surface area (Å²) in [6.07, 6.45) is 5.53. The van der Waals surface area contributed by atoms with Crippen LogP contribution in [-0.2, 0) is 4.74 Å². The number of aromatic nitrogens is 3. The molecule has 2 aromatic heterocycles. The number of hydrogen-bond acceptors (Lipinski definition) is 7. The van der Waals surface area contributed by atoms with Gasteiger partial charge in [0.2, 0.25) is 5.90 Å². The molecule has 0 bridgehead atoms. The van der Waals surface area contributed by atoms with Crippen molar-refractivity contribution in [2.45, 2.75) is 38.3 Å². The molecule has 0 radical (unpaired) electrons. The number of rotatable bonds is 4. The summed E-state index contributed by atoms with van der Waals surface area (Å²) >= 11 is 0. The zero-order valence-corrected chi connectivity index (χ0v) is 18.5. The van der Waals surface area contributed by atoms with Gasteiger partial charge in [-0.15, -0.1) is 0 Å². The fourth-order valence-electron chi connectivity index (χ4n) is 4.64. The number of hydrogen-bond donors (Lipinski definition) is 2. The molecular formula is C23H28FN7O. The number of piperidine rings is 1. The topological polar surface area (TPSA) is 79.6 Å². The first kappa shape index (κ1) is 20.8. The monoisotopic (exact) mass is 437 g/mol. The van der Waals surface area contributed by atoms with Gasteiger partial charge in [-0.25, -0.2) is 9.38 Å². The third-order valence-electron chi connectivity index (χ3n) is 6.37. The predicted molar refractivity (Wildman–Crippen MR) is 123 cm³/mol. The van der Waals surface area contributed by atoms with E-state index < -0.39 is 12.0 Å². The summed E-state index contributed by atoms with van der Waals surface area (Å²) in [5, 5.41) is 3.35. The van der Waals surface area contributed by atoms with Crippen LogP contribution in [0.25, 0.3) is 22.2 Å². The highest BCUT2D eigenvalue weighted by Crippen LogP contribution is 2.30. The highest BCUT2D eigenvalue weighted by atomic mass is 19.1. The predicted octanol–water partition coefficient (Wildman–Crippen LogP) is 2.74. The second kappa shape index (κ2) is 8.14. The fourth-order valence-corrected chi connectivity index (χ4v) is 4.64. The number of ether oxygens (including phenoxy) is 1. The van der Waals surface area contributed by atoms with Crippen molar-refractivity contribution in [3.05, 3.63) is 48.5 Å². The van der Waals surface area contributed by atoms with Crippen LogP contribution < -0.4 is 10.7 Å². The Hall–Kier alpha value is -3.04. The molecule has 3 aromatic rings. The minimum Gasteiger partial charge on any atom is -0.480 e. The van der Waals surface area contributed by atoms with E-state index in [1.165, 1.54) is 0 Å². The number of nitrogens with one attached hydrogen (secondary N) is 2. The van der Waals surface area contributed by atoms with Crippen LogP contribution in [0.2, 0.25) is 0 Å². The third-order valence-corrected chi connectivity index (χ3v) is 6.37. The molecule has 168 valence electrons. The van der Waals surface area contributed by atoms with Crippen molar-refractivity contribution >= 4 is 16.9 Å².